The van der Waals surface area contributed by atoms with Gasteiger partial charge in [-0.05, 0) is 38.1 Å². The van der Waals surface area contributed by atoms with Gasteiger partial charge in [-0.25, -0.2) is 12.7 Å². The van der Waals surface area contributed by atoms with Crippen molar-refractivity contribution in [3.05, 3.63) is 66.1 Å². The highest BCUT2D eigenvalue weighted by atomic mass is 32.2. The van der Waals surface area contributed by atoms with E-state index in [0.717, 1.165) is 9.87 Å². The Hall–Kier alpha value is -2.34. The van der Waals surface area contributed by atoms with Crippen molar-refractivity contribution < 1.29 is 17.6 Å². The topological polar surface area (TPSA) is 67.6 Å². The van der Waals surface area contributed by atoms with Gasteiger partial charge in [-0.1, -0.05) is 29.8 Å². The van der Waals surface area contributed by atoms with E-state index in [-0.39, 0.29) is 4.90 Å². The molecule has 1 saturated heterocycles. The van der Waals surface area contributed by atoms with Crippen LogP contribution in [-0.4, -0.2) is 18.6 Å². The molecule has 0 radical (unpaired) electrons. The van der Waals surface area contributed by atoms with Gasteiger partial charge in [0.15, 0.2) is 0 Å². The molecule has 23 heavy (non-hydrogen) atoms. The van der Waals surface area contributed by atoms with Crippen molar-refractivity contribution in [2.75, 3.05) is 0 Å². The minimum Gasteiger partial charge on any atom is -0.467 e. The highest BCUT2D eigenvalue weighted by Gasteiger charge is 2.54. The second kappa shape index (κ2) is 5.70. The Labute approximate surface area is 135 Å². The third kappa shape index (κ3) is 2.49. The Morgan fingerprint density at radius 2 is 1.87 bits per heavy atom. The van der Waals surface area contributed by atoms with Gasteiger partial charge in [-0.3, -0.25) is 4.79 Å². The number of amides is 1. The van der Waals surface area contributed by atoms with Crippen molar-refractivity contribution in [2.24, 2.45) is 5.92 Å². The molecule has 6 heteroatoms. The molecule has 2 heterocycles. The highest BCUT2D eigenvalue weighted by Crippen LogP contribution is 2.44. The Bertz CT molecular complexity index is 835. The zero-order valence-corrected chi connectivity index (χ0v) is 13.7. The standard InChI is InChI=1S/C17H17NO4S/c1-3-5-14-16(15-6-4-11-22-15)18(17(14)19)23(20,21)13-9-7-12(2)8-10-13/h3-11,14,16H,1-2H3/b5-3+/t14-,16+/m0/s1. The third-order valence-electron chi connectivity index (χ3n) is 3.91. The fourth-order valence-corrected chi connectivity index (χ4v) is 4.32. The SMILES string of the molecule is C/C=C/[C@@H]1C(=O)N(S(=O)(=O)c2ccc(C)cc2)[C@H]1c1ccco1. The summed E-state index contributed by atoms with van der Waals surface area (Å²) in [5.74, 6) is -0.500. The molecule has 3 rings (SSSR count). The Morgan fingerprint density at radius 3 is 2.43 bits per heavy atom. The lowest BCUT2D eigenvalue weighted by atomic mass is 9.88. The van der Waals surface area contributed by atoms with Crippen molar-refractivity contribution in [1.82, 2.24) is 4.31 Å². The number of carbonyl (C=O) groups excluding carboxylic acids is 1. The molecule has 1 aliphatic heterocycles. The smallest absolute Gasteiger partial charge is 0.267 e. The molecule has 1 amide bonds. The van der Waals surface area contributed by atoms with Gasteiger partial charge < -0.3 is 4.42 Å². The van der Waals surface area contributed by atoms with E-state index >= 15 is 0 Å². The number of nitrogens with zero attached hydrogens (tertiary/aromatic N) is 1. The van der Waals surface area contributed by atoms with Crippen LogP contribution in [0.25, 0.3) is 0 Å². The van der Waals surface area contributed by atoms with Crippen LogP contribution in [0, 0.1) is 12.8 Å². The summed E-state index contributed by atoms with van der Waals surface area (Å²) in [4.78, 5) is 12.5. The first-order valence-electron chi connectivity index (χ1n) is 7.28. The summed E-state index contributed by atoms with van der Waals surface area (Å²) in [6.07, 6.45) is 4.92. The lowest BCUT2D eigenvalue weighted by Gasteiger charge is -2.43. The quantitative estimate of drug-likeness (QED) is 0.638. The molecule has 0 bridgehead atoms. The molecule has 1 aromatic heterocycles. The lowest BCUT2D eigenvalue weighted by Crippen LogP contribution is -2.56. The molecule has 0 saturated carbocycles. The number of sulfonamides is 1. The van der Waals surface area contributed by atoms with Crippen LogP contribution in [0.15, 0.2) is 64.1 Å². The molecule has 2 atom stereocenters. The predicted octanol–water partition coefficient (Wildman–Crippen LogP) is 3.05. The molecule has 0 spiro atoms. The fourth-order valence-electron chi connectivity index (χ4n) is 2.72. The van der Waals surface area contributed by atoms with E-state index in [2.05, 4.69) is 0 Å². The van der Waals surface area contributed by atoms with E-state index in [1.807, 2.05) is 6.92 Å². The molecule has 5 nitrogen and oxygen atoms in total. The summed E-state index contributed by atoms with van der Waals surface area (Å²) in [7, 11) is -3.90. The van der Waals surface area contributed by atoms with Crippen LogP contribution in [0.5, 0.6) is 0 Å². The minimum atomic E-state index is -3.90. The van der Waals surface area contributed by atoms with Crippen molar-refractivity contribution in [2.45, 2.75) is 24.8 Å². The Kier molecular flexibility index (Phi) is 3.85. The number of hydrogen-bond donors (Lipinski definition) is 0. The number of allylic oxidation sites excluding steroid dienone is 1. The predicted molar refractivity (Wildman–Crippen MR) is 85.0 cm³/mol. The van der Waals surface area contributed by atoms with Crippen LogP contribution < -0.4 is 0 Å². The first-order valence-corrected chi connectivity index (χ1v) is 8.72. The lowest BCUT2D eigenvalue weighted by molar-refractivity contribution is -0.144. The van der Waals surface area contributed by atoms with Crippen molar-refractivity contribution in [1.29, 1.82) is 0 Å². The second-order valence-corrected chi connectivity index (χ2v) is 7.28. The second-order valence-electron chi connectivity index (χ2n) is 5.46. The van der Waals surface area contributed by atoms with Gasteiger partial charge >= 0.3 is 0 Å². The van der Waals surface area contributed by atoms with E-state index in [1.54, 1.807) is 43.3 Å². The summed E-state index contributed by atoms with van der Waals surface area (Å²) in [6.45, 7) is 3.67. The zero-order valence-electron chi connectivity index (χ0n) is 12.8. The van der Waals surface area contributed by atoms with Crippen LogP contribution in [-0.2, 0) is 14.8 Å². The van der Waals surface area contributed by atoms with Crippen LogP contribution in [0.1, 0.15) is 24.3 Å². The number of carbonyl (C=O) groups is 1. The van der Waals surface area contributed by atoms with Gasteiger partial charge in [-0.2, -0.15) is 0 Å². The van der Waals surface area contributed by atoms with Crippen molar-refractivity contribution >= 4 is 15.9 Å². The van der Waals surface area contributed by atoms with Crippen LogP contribution in [0.2, 0.25) is 0 Å². The van der Waals surface area contributed by atoms with E-state index in [0.29, 0.717) is 5.76 Å². The summed E-state index contributed by atoms with van der Waals surface area (Å²) in [6, 6.07) is 9.18. The summed E-state index contributed by atoms with van der Waals surface area (Å²) in [5, 5.41) is 0. The van der Waals surface area contributed by atoms with E-state index < -0.39 is 27.9 Å². The molecule has 1 fully saturated rings. The number of aryl methyl sites for hydroxylation is 1. The Balaban J connectivity index is 2.03. The number of β-lactam (4-membered cyclic amide) rings is 1. The minimum absolute atomic E-state index is 0.104. The van der Waals surface area contributed by atoms with Crippen molar-refractivity contribution in [3.8, 4) is 0 Å². The average Bonchev–Trinajstić information content (AvgIpc) is 3.03. The first-order chi connectivity index (χ1) is 11.0. The molecule has 0 N–H and O–H groups in total. The van der Waals surface area contributed by atoms with E-state index in [4.69, 9.17) is 4.42 Å². The fraction of sp³-hybridized carbons (Fsp3) is 0.235. The average molecular weight is 331 g/mol. The third-order valence-corrected chi connectivity index (χ3v) is 5.70. The highest BCUT2D eigenvalue weighted by molar-refractivity contribution is 7.89. The zero-order chi connectivity index (χ0) is 16.6. The van der Waals surface area contributed by atoms with Gasteiger partial charge in [0.2, 0.25) is 5.91 Å². The number of benzene rings is 1. The molecule has 0 unspecified atom stereocenters. The van der Waals surface area contributed by atoms with E-state index in [1.165, 1.54) is 18.4 Å². The number of rotatable bonds is 4. The van der Waals surface area contributed by atoms with Crippen LogP contribution in [0.3, 0.4) is 0 Å². The molecule has 1 aromatic carbocycles. The van der Waals surface area contributed by atoms with Gasteiger partial charge in [0, 0.05) is 0 Å². The van der Waals surface area contributed by atoms with E-state index in [9.17, 15) is 13.2 Å². The summed E-state index contributed by atoms with van der Waals surface area (Å²) >= 11 is 0. The van der Waals surface area contributed by atoms with Crippen molar-refractivity contribution in [3.63, 3.8) is 0 Å². The summed E-state index contributed by atoms with van der Waals surface area (Å²) in [5.41, 5.74) is 0.952. The Morgan fingerprint density at radius 1 is 1.17 bits per heavy atom. The van der Waals surface area contributed by atoms with Gasteiger partial charge in [0.05, 0.1) is 17.1 Å². The molecule has 2 aromatic rings. The molecule has 0 aliphatic carbocycles. The summed E-state index contributed by atoms with van der Waals surface area (Å²) < 4.78 is 31.9. The monoisotopic (exact) mass is 331 g/mol. The molecule has 120 valence electrons. The number of hydrogen-bond acceptors (Lipinski definition) is 4. The van der Waals surface area contributed by atoms with Gasteiger partial charge in [0.1, 0.15) is 11.8 Å². The molecular formula is C17H17NO4S. The normalized spacial score (nSPS) is 21.7. The maximum absolute atomic E-state index is 12.8. The van der Waals surface area contributed by atoms with Gasteiger partial charge in [-0.15, -0.1) is 0 Å². The first kappa shape index (κ1) is 15.6. The number of furan rings is 1. The molecule has 1 aliphatic rings. The van der Waals surface area contributed by atoms with Crippen LogP contribution >= 0.6 is 0 Å². The van der Waals surface area contributed by atoms with Gasteiger partial charge in [0.25, 0.3) is 10.0 Å². The molecular weight excluding hydrogens is 314 g/mol. The maximum Gasteiger partial charge on any atom is 0.267 e. The van der Waals surface area contributed by atoms with Crippen LogP contribution in [0.4, 0.5) is 0 Å². The maximum atomic E-state index is 12.8. The largest absolute Gasteiger partial charge is 0.467 e.